The van der Waals surface area contributed by atoms with E-state index in [0.717, 1.165) is 11.1 Å². The summed E-state index contributed by atoms with van der Waals surface area (Å²) >= 11 is 0. The summed E-state index contributed by atoms with van der Waals surface area (Å²) in [5.74, 6) is -5.45. The van der Waals surface area contributed by atoms with Crippen LogP contribution in [0.1, 0.15) is 25.5 Å². The van der Waals surface area contributed by atoms with Crippen LogP contribution in [0, 0.1) is 17.7 Å². The topological polar surface area (TPSA) is 122 Å². The first kappa shape index (κ1) is 29.6. The molecule has 4 rings (SSSR count). The molecule has 2 aliphatic rings. The van der Waals surface area contributed by atoms with Crippen molar-refractivity contribution in [2.24, 2.45) is 11.8 Å². The second kappa shape index (κ2) is 11.0. The van der Waals surface area contributed by atoms with Crippen molar-refractivity contribution >= 4 is 23.8 Å². The normalized spacial score (nSPS) is 24.1. The monoisotopic (exact) mass is 554 g/mol. The van der Waals surface area contributed by atoms with Gasteiger partial charge >= 0.3 is 18.1 Å². The van der Waals surface area contributed by atoms with Crippen molar-refractivity contribution in [3.63, 3.8) is 0 Å². The summed E-state index contributed by atoms with van der Waals surface area (Å²) in [4.78, 5) is 48.9. The second-order valence-electron chi connectivity index (χ2n) is 9.01. The predicted molar refractivity (Wildman–Crippen MR) is 128 cm³/mol. The summed E-state index contributed by atoms with van der Waals surface area (Å²) in [6.45, 7) is 3.57. The average Bonchev–Trinajstić information content (AvgIpc) is 3.35. The smallest absolute Gasteiger partial charge is 0.490 e. The molecule has 39 heavy (non-hydrogen) atoms. The first-order valence-electron chi connectivity index (χ1n) is 11.7. The Morgan fingerprint density at radius 3 is 2.15 bits per heavy atom. The van der Waals surface area contributed by atoms with E-state index in [4.69, 9.17) is 19.4 Å². The summed E-state index contributed by atoms with van der Waals surface area (Å²) < 4.78 is 55.6. The number of carboxylic acid groups (broad SMARTS) is 1. The van der Waals surface area contributed by atoms with E-state index >= 15 is 0 Å². The van der Waals surface area contributed by atoms with Crippen LogP contribution in [0.5, 0.6) is 5.75 Å². The number of esters is 1. The number of aliphatic carboxylic acids is 1. The van der Waals surface area contributed by atoms with Crippen LogP contribution in [0.3, 0.4) is 0 Å². The van der Waals surface area contributed by atoms with Gasteiger partial charge in [0.25, 0.3) is 0 Å². The summed E-state index contributed by atoms with van der Waals surface area (Å²) in [6, 6.07) is 10.9. The molecule has 2 aromatic rings. The Hall–Kier alpha value is -4.00. The van der Waals surface area contributed by atoms with Crippen molar-refractivity contribution in [3.8, 4) is 16.9 Å². The molecule has 0 bridgehead atoms. The highest BCUT2D eigenvalue weighted by molar-refractivity contribution is 6.09. The largest absolute Gasteiger partial charge is 0.496 e. The van der Waals surface area contributed by atoms with Gasteiger partial charge in [0.2, 0.25) is 11.8 Å². The fraction of sp³-hybridized carbons (Fsp3) is 0.385. The SMILES string of the molecule is CCN1C(=O)C2C(c3ccc(-c4ccc(F)cc4)c(OC)c3)N[C@@](C)(C(=O)OC)C2C1=O.O=C(O)C(F)(F)F. The molecule has 2 fully saturated rings. The minimum Gasteiger partial charge on any atom is -0.496 e. The fourth-order valence-corrected chi connectivity index (χ4v) is 4.97. The number of carbonyl (C=O) groups is 4. The van der Waals surface area contributed by atoms with Crippen LogP contribution in [-0.2, 0) is 23.9 Å². The molecule has 3 unspecified atom stereocenters. The predicted octanol–water partition coefficient (Wildman–Crippen LogP) is 3.33. The molecule has 13 heteroatoms. The van der Waals surface area contributed by atoms with Crippen molar-refractivity contribution in [1.82, 2.24) is 10.2 Å². The molecule has 2 saturated heterocycles. The van der Waals surface area contributed by atoms with Crippen LogP contribution >= 0.6 is 0 Å². The zero-order valence-electron chi connectivity index (χ0n) is 21.3. The highest BCUT2D eigenvalue weighted by atomic mass is 19.4. The van der Waals surface area contributed by atoms with Gasteiger partial charge in [0.1, 0.15) is 17.1 Å². The van der Waals surface area contributed by atoms with Crippen LogP contribution in [-0.4, -0.2) is 66.2 Å². The van der Waals surface area contributed by atoms with Crippen LogP contribution in [0.4, 0.5) is 17.6 Å². The number of carbonyl (C=O) groups excluding carboxylic acids is 3. The van der Waals surface area contributed by atoms with Gasteiger partial charge in [-0.2, -0.15) is 13.2 Å². The van der Waals surface area contributed by atoms with Crippen molar-refractivity contribution in [2.45, 2.75) is 31.6 Å². The molecular weight excluding hydrogens is 528 g/mol. The lowest BCUT2D eigenvalue weighted by molar-refractivity contribution is -0.192. The van der Waals surface area contributed by atoms with Crippen molar-refractivity contribution in [2.75, 3.05) is 20.8 Å². The number of methoxy groups -OCH3 is 2. The van der Waals surface area contributed by atoms with E-state index in [1.54, 1.807) is 32.0 Å². The molecule has 2 aromatic carbocycles. The maximum atomic E-state index is 13.3. The Bertz CT molecular complexity index is 1280. The number of halogens is 4. The third kappa shape index (κ3) is 5.44. The Balaban J connectivity index is 0.000000532. The number of imide groups is 1. The summed E-state index contributed by atoms with van der Waals surface area (Å²) in [6.07, 6.45) is -5.08. The number of hydrogen-bond donors (Lipinski definition) is 2. The molecule has 9 nitrogen and oxygen atoms in total. The summed E-state index contributed by atoms with van der Waals surface area (Å²) in [7, 11) is 2.79. The van der Waals surface area contributed by atoms with Crippen molar-refractivity contribution in [1.29, 1.82) is 0 Å². The number of hydrogen-bond acceptors (Lipinski definition) is 7. The number of carboxylic acids is 1. The Kier molecular flexibility index (Phi) is 8.34. The second-order valence-corrected chi connectivity index (χ2v) is 9.01. The molecule has 0 saturated carbocycles. The van der Waals surface area contributed by atoms with Crippen LogP contribution in [0.2, 0.25) is 0 Å². The van der Waals surface area contributed by atoms with Gasteiger partial charge in [-0.15, -0.1) is 0 Å². The number of nitrogens with zero attached hydrogens (tertiary/aromatic N) is 1. The quantitative estimate of drug-likeness (QED) is 0.328. The van der Waals surface area contributed by atoms with E-state index in [2.05, 4.69) is 5.32 Å². The van der Waals surface area contributed by atoms with Gasteiger partial charge in [-0.3, -0.25) is 24.6 Å². The van der Waals surface area contributed by atoms with Gasteiger partial charge in [-0.05, 0) is 43.2 Å². The zero-order valence-corrected chi connectivity index (χ0v) is 21.3. The van der Waals surface area contributed by atoms with E-state index in [1.165, 1.54) is 31.3 Å². The number of alkyl halides is 3. The molecule has 0 aliphatic carbocycles. The van der Waals surface area contributed by atoms with Crippen molar-refractivity contribution < 1.29 is 51.3 Å². The minimum atomic E-state index is -5.08. The fourth-order valence-electron chi connectivity index (χ4n) is 4.97. The van der Waals surface area contributed by atoms with Gasteiger partial charge < -0.3 is 14.6 Å². The van der Waals surface area contributed by atoms with Crippen molar-refractivity contribution in [3.05, 3.63) is 53.8 Å². The number of nitrogens with one attached hydrogen (secondary N) is 1. The maximum absolute atomic E-state index is 13.3. The molecule has 0 aromatic heterocycles. The van der Waals surface area contributed by atoms with Gasteiger partial charge in [-0.1, -0.05) is 24.3 Å². The lowest BCUT2D eigenvalue weighted by Gasteiger charge is -2.28. The molecule has 0 radical (unpaired) electrons. The van der Waals surface area contributed by atoms with Crippen LogP contribution in [0.25, 0.3) is 11.1 Å². The van der Waals surface area contributed by atoms with Gasteiger partial charge in [0.15, 0.2) is 0 Å². The number of ether oxygens (including phenoxy) is 2. The maximum Gasteiger partial charge on any atom is 0.490 e. The lowest BCUT2D eigenvalue weighted by Crippen LogP contribution is -2.53. The molecule has 2 N–H and O–H groups in total. The minimum absolute atomic E-state index is 0.238. The third-order valence-electron chi connectivity index (χ3n) is 6.79. The molecule has 2 heterocycles. The van der Waals surface area contributed by atoms with E-state index < -0.39 is 41.5 Å². The van der Waals surface area contributed by atoms with E-state index in [0.29, 0.717) is 11.3 Å². The van der Waals surface area contributed by atoms with E-state index in [-0.39, 0.29) is 24.2 Å². The first-order chi connectivity index (χ1) is 18.2. The van der Waals surface area contributed by atoms with E-state index in [9.17, 15) is 31.9 Å². The van der Waals surface area contributed by atoms with E-state index in [1.807, 2.05) is 12.1 Å². The van der Waals surface area contributed by atoms with Gasteiger partial charge in [-0.25, -0.2) is 9.18 Å². The Morgan fingerprint density at radius 1 is 1.08 bits per heavy atom. The highest BCUT2D eigenvalue weighted by Crippen LogP contribution is 2.49. The molecule has 210 valence electrons. The molecular formula is C26H26F4N2O7. The number of fused-ring (bicyclic) bond motifs is 1. The van der Waals surface area contributed by atoms with Gasteiger partial charge in [0, 0.05) is 18.2 Å². The Morgan fingerprint density at radius 2 is 1.67 bits per heavy atom. The molecule has 4 atom stereocenters. The van der Waals surface area contributed by atoms with Gasteiger partial charge in [0.05, 0.1) is 26.1 Å². The standard InChI is InChI=1S/C24H25FN2O5.C2HF3O2/c1-5-27-21(28)18-19(22(27)29)24(2,23(30)32-4)26-20(18)14-8-11-16(17(12-14)31-3)13-6-9-15(25)10-7-13;3-2(4,5)1(6)7/h6-12,18-20,26H,5H2,1-4H3;(H,6,7)/t18?,19?,20?,24-;/m1./s1. The number of likely N-dealkylation sites (tertiary alicyclic amines) is 1. The first-order valence-corrected chi connectivity index (χ1v) is 11.7. The number of benzene rings is 2. The number of rotatable bonds is 5. The van der Waals surface area contributed by atoms with Crippen LogP contribution < -0.4 is 10.1 Å². The summed E-state index contributed by atoms with van der Waals surface area (Å²) in [5.41, 5.74) is 0.889. The van der Waals surface area contributed by atoms with Crippen LogP contribution in [0.15, 0.2) is 42.5 Å². The zero-order chi connectivity index (χ0) is 29.3. The number of amides is 2. The summed E-state index contributed by atoms with van der Waals surface area (Å²) in [5, 5.41) is 10.3. The lowest BCUT2D eigenvalue weighted by atomic mass is 9.80. The molecule has 0 spiro atoms. The molecule has 2 aliphatic heterocycles. The average molecular weight is 554 g/mol. The molecule has 2 amide bonds. The highest BCUT2D eigenvalue weighted by Gasteiger charge is 2.66. The Labute approximate surface area is 220 Å². The third-order valence-corrected chi connectivity index (χ3v) is 6.79.